The Bertz CT molecular complexity index is 753. The van der Waals surface area contributed by atoms with Crippen LogP contribution in [0, 0.1) is 0 Å². The number of carbonyl (C=O) groups excluding carboxylic acids is 2. The van der Waals surface area contributed by atoms with Crippen LogP contribution in [0.2, 0.25) is 0 Å². The van der Waals surface area contributed by atoms with Gasteiger partial charge in [-0.25, -0.2) is 4.79 Å². The van der Waals surface area contributed by atoms with E-state index < -0.39 is 6.10 Å². The average Bonchev–Trinajstić information content (AvgIpc) is 2.62. The number of para-hydroxylation sites is 1. The second-order valence-electron chi connectivity index (χ2n) is 6.24. The lowest BCUT2D eigenvalue weighted by molar-refractivity contribution is -0.122. The number of hydrogen-bond acceptors (Lipinski definition) is 4. The van der Waals surface area contributed by atoms with Gasteiger partial charge in [-0.3, -0.25) is 4.79 Å². The third-order valence-corrected chi connectivity index (χ3v) is 3.88. The molecule has 5 heteroatoms. The highest BCUT2D eigenvalue weighted by Crippen LogP contribution is 2.26. The monoisotopic (exact) mass is 355 g/mol. The molecule has 26 heavy (non-hydrogen) atoms. The number of anilines is 1. The second-order valence-corrected chi connectivity index (χ2v) is 6.24. The molecular formula is C21H25NO4. The molecule has 0 heterocycles. The molecule has 0 aliphatic rings. The molecule has 2 aromatic rings. The maximum atomic E-state index is 12.4. The zero-order valence-corrected chi connectivity index (χ0v) is 15.6. The summed E-state index contributed by atoms with van der Waals surface area (Å²) in [6.07, 6.45) is -0.653. The lowest BCUT2D eigenvalue weighted by Gasteiger charge is -2.18. The summed E-state index contributed by atoms with van der Waals surface area (Å²) >= 11 is 0. The van der Waals surface area contributed by atoms with Gasteiger partial charge in [0.05, 0.1) is 12.2 Å². The smallest absolute Gasteiger partial charge is 0.338 e. The van der Waals surface area contributed by atoms with Crippen molar-refractivity contribution in [1.82, 2.24) is 0 Å². The van der Waals surface area contributed by atoms with Gasteiger partial charge in [-0.05, 0) is 55.7 Å². The number of amides is 1. The molecule has 0 aliphatic carbocycles. The molecule has 1 amide bonds. The van der Waals surface area contributed by atoms with Crippen LogP contribution in [0.1, 0.15) is 49.5 Å². The van der Waals surface area contributed by atoms with Crippen LogP contribution in [0.3, 0.4) is 0 Å². The molecule has 0 aliphatic heterocycles. The predicted octanol–water partition coefficient (Wildman–Crippen LogP) is 4.39. The zero-order chi connectivity index (χ0) is 19.1. The lowest BCUT2D eigenvalue weighted by Crippen LogP contribution is -2.30. The van der Waals surface area contributed by atoms with Crippen LogP contribution in [-0.2, 0) is 9.53 Å². The number of esters is 1. The summed E-state index contributed by atoms with van der Waals surface area (Å²) in [6.45, 7) is 7.95. The first-order chi connectivity index (χ1) is 12.4. The Morgan fingerprint density at radius 2 is 1.65 bits per heavy atom. The first-order valence-electron chi connectivity index (χ1n) is 8.76. The Kier molecular flexibility index (Phi) is 6.78. The van der Waals surface area contributed by atoms with Gasteiger partial charge in [0.1, 0.15) is 5.75 Å². The van der Waals surface area contributed by atoms with Gasteiger partial charge in [0.25, 0.3) is 5.91 Å². The fourth-order valence-corrected chi connectivity index (χ4v) is 2.46. The molecule has 5 nitrogen and oxygen atoms in total. The molecule has 0 spiro atoms. The van der Waals surface area contributed by atoms with Crippen molar-refractivity contribution in [3.8, 4) is 5.75 Å². The summed E-state index contributed by atoms with van der Waals surface area (Å²) in [5, 5.41) is 2.79. The number of rotatable bonds is 7. The molecule has 0 bridgehead atoms. The molecule has 1 N–H and O–H groups in total. The van der Waals surface area contributed by atoms with Gasteiger partial charge in [0, 0.05) is 5.69 Å². The van der Waals surface area contributed by atoms with Gasteiger partial charge in [-0.2, -0.15) is 0 Å². The van der Waals surface area contributed by atoms with Crippen LogP contribution >= 0.6 is 0 Å². The SMILES string of the molecule is CCOC(=O)c1ccc(NC(=O)C(C)Oc2ccccc2C(C)C)cc1. The van der Waals surface area contributed by atoms with Crippen molar-refractivity contribution in [2.75, 3.05) is 11.9 Å². The number of nitrogens with one attached hydrogen (secondary N) is 1. The van der Waals surface area contributed by atoms with Gasteiger partial charge in [0.15, 0.2) is 6.10 Å². The summed E-state index contributed by atoms with van der Waals surface area (Å²) in [7, 11) is 0. The van der Waals surface area contributed by atoms with Crippen LogP contribution in [0.25, 0.3) is 0 Å². The van der Waals surface area contributed by atoms with Gasteiger partial charge in [0.2, 0.25) is 0 Å². The van der Waals surface area contributed by atoms with Crippen molar-refractivity contribution in [1.29, 1.82) is 0 Å². The van der Waals surface area contributed by atoms with Crippen LogP contribution in [0.4, 0.5) is 5.69 Å². The van der Waals surface area contributed by atoms with Crippen molar-refractivity contribution in [2.24, 2.45) is 0 Å². The van der Waals surface area contributed by atoms with E-state index in [9.17, 15) is 9.59 Å². The van der Waals surface area contributed by atoms with E-state index in [4.69, 9.17) is 9.47 Å². The number of benzene rings is 2. The topological polar surface area (TPSA) is 64.6 Å². The van der Waals surface area contributed by atoms with E-state index in [1.165, 1.54) is 0 Å². The molecule has 138 valence electrons. The fraction of sp³-hybridized carbons (Fsp3) is 0.333. The molecule has 0 fully saturated rings. The Hall–Kier alpha value is -2.82. The largest absolute Gasteiger partial charge is 0.481 e. The van der Waals surface area contributed by atoms with Crippen LogP contribution < -0.4 is 10.1 Å². The Labute approximate surface area is 154 Å². The maximum absolute atomic E-state index is 12.4. The highest BCUT2D eigenvalue weighted by molar-refractivity contribution is 5.95. The van der Waals surface area contributed by atoms with E-state index in [1.54, 1.807) is 38.1 Å². The lowest BCUT2D eigenvalue weighted by atomic mass is 10.0. The Morgan fingerprint density at radius 3 is 2.27 bits per heavy atom. The molecule has 2 aromatic carbocycles. The normalized spacial score (nSPS) is 11.7. The minimum absolute atomic E-state index is 0.257. The molecule has 0 saturated heterocycles. The van der Waals surface area contributed by atoms with E-state index in [0.717, 1.165) is 5.56 Å². The fourth-order valence-electron chi connectivity index (χ4n) is 2.46. The highest BCUT2D eigenvalue weighted by Gasteiger charge is 2.17. The average molecular weight is 355 g/mol. The molecule has 0 aromatic heterocycles. The second kappa shape index (κ2) is 9.04. The zero-order valence-electron chi connectivity index (χ0n) is 15.6. The molecule has 2 rings (SSSR count). The van der Waals surface area contributed by atoms with E-state index in [1.807, 2.05) is 24.3 Å². The first-order valence-corrected chi connectivity index (χ1v) is 8.76. The van der Waals surface area contributed by atoms with Crippen molar-refractivity contribution in [2.45, 2.75) is 39.7 Å². The summed E-state index contributed by atoms with van der Waals surface area (Å²) in [4.78, 5) is 24.0. The Morgan fingerprint density at radius 1 is 1.00 bits per heavy atom. The molecule has 0 saturated carbocycles. The van der Waals surface area contributed by atoms with Crippen molar-refractivity contribution < 1.29 is 19.1 Å². The minimum atomic E-state index is -0.653. The van der Waals surface area contributed by atoms with Crippen LogP contribution in [0.5, 0.6) is 5.75 Å². The van der Waals surface area contributed by atoms with Crippen molar-refractivity contribution >= 4 is 17.6 Å². The van der Waals surface area contributed by atoms with Gasteiger partial charge in [-0.1, -0.05) is 32.0 Å². The van der Waals surface area contributed by atoms with E-state index >= 15 is 0 Å². The van der Waals surface area contributed by atoms with Crippen molar-refractivity contribution in [3.63, 3.8) is 0 Å². The van der Waals surface area contributed by atoms with E-state index in [0.29, 0.717) is 29.5 Å². The van der Waals surface area contributed by atoms with Gasteiger partial charge >= 0.3 is 5.97 Å². The van der Waals surface area contributed by atoms with Crippen LogP contribution in [0.15, 0.2) is 48.5 Å². The first kappa shape index (κ1) is 19.5. The Balaban J connectivity index is 2.00. The summed E-state index contributed by atoms with van der Waals surface area (Å²) < 4.78 is 10.8. The molecule has 0 radical (unpaired) electrons. The third kappa shape index (κ3) is 5.09. The molecule has 1 atom stereocenters. The number of ether oxygens (including phenoxy) is 2. The maximum Gasteiger partial charge on any atom is 0.338 e. The van der Waals surface area contributed by atoms with E-state index in [-0.39, 0.29) is 11.9 Å². The summed E-state index contributed by atoms with van der Waals surface area (Å²) in [5.41, 5.74) is 2.10. The molecule has 1 unspecified atom stereocenters. The minimum Gasteiger partial charge on any atom is -0.481 e. The summed E-state index contributed by atoms with van der Waals surface area (Å²) in [5.74, 6) is 0.375. The number of carbonyl (C=O) groups is 2. The van der Waals surface area contributed by atoms with E-state index in [2.05, 4.69) is 19.2 Å². The predicted molar refractivity (Wildman–Crippen MR) is 102 cm³/mol. The van der Waals surface area contributed by atoms with Crippen LogP contribution in [-0.4, -0.2) is 24.6 Å². The molecular weight excluding hydrogens is 330 g/mol. The quantitative estimate of drug-likeness (QED) is 0.748. The highest BCUT2D eigenvalue weighted by atomic mass is 16.5. The standard InChI is InChI=1S/C21H25NO4/c1-5-25-21(24)16-10-12-17(13-11-16)22-20(23)15(4)26-19-9-7-6-8-18(19)14(2)3/h6-15H,5H2,1-4H3,(H,22,23). The summed E-state index contributed by atoms with van der Waals surface area (Å²) in [6, 6.07) is 14.3. The van der Waals surface area contributed by atoms with Crippen molar-refractivity contribution in [3.05, 3.63) is 59.7 Å². The van der Waals surface area contributed by atoms with Gasteiger partial charge in [-0.15, -0.1) is 0 Å². The third-order valence-electron chi connectivity index (χ3n) is 3.88. The van der Waals surface area contributed by atoms with Gasteiger partial charge < -0.3 is 14.8 Å². The number of hydrogen-bond donors (Lipinski definition) is 1.